The summed E-state index contributed by atoms with van der Waals surface area (Å²) in [5.74, 6) is -6.64. The molecule has 3 aliphatic carbocycles. The summed E-state index contributed by atoms with van der Waals surface area (Å²) in [7, 11) is 3.17. The summed E-state index contributed by atoms with van der Waals surface area (Å²) in [6.45, 7) is -0.0160. The van der Waals surface area contributed by atoms with Crippen LogP contribution in [0.1, 0.15) is 27.9 Å². The number of allylic oxidation sites excluding steroid dienone is 1. The highest BCUT2D eigenvalue weighted by Gasteiger charge is 2.63. The number of aliphatic hydroxyl groups excluding tert-OH is 2. The number of aliphatic hydroxyl groups is 3. The Balaban J connectivity index is 1.98. The summed E-state index contributed by atoms with van der Waals surface area (Å²) in [5, 5.41) is 44.1. The van der Waals surface area contributed by atoms with E-state index in [0.29, 0.717) is 11.1 Å². The number of aromatic hydroxyl groups is 1. The van der Waals surface area contributed by atoms with Gasteiger partial charge in [-0.15, -0.1) is 0 Å². The van der Waals surface area contributed by atoms with Gasteiger partial charge in [-0.25, -0.2) is 0 Å². The minimum absolute atomic E-state index is 0.0160. The highest BCUT2D eigenvalue weighted by molar-refractivity contribution is 14.1. The Kier molecular flexibility index (Phi) is 5.59. The van der Waals surface area contributed by atoms with Gasteiger partial charge in [-0.3, -0.25) is 19.3 Å². The van der Waals surface area contributed by atoms with E-state index in [1.54, 1.807) is 20.2 Å². The van der Waals surface area contributed by atoms with E-state index in [2.05, 4.69) is 22.6 Å². The van der Waals surface area contributed by atoms with Crippen LogP contribution in [0.5, 0.6) is 5.75 Å². The van der Waals surface area contributed by atoms with Crippen LogP contribution in [-0.2, 0) is 22.6 Å². The number of fused-ring (bicyclic) bond motifs is 3. The van der Waals surface area contributed by atoms with E-state index in [9.17, 15) is 34.8 Å². The molecule has 4 atom stereocenters. The molecule has 0 bridgehead atoms. The number of hydrogen-bond acceptors (Lipinski definition) is 9. The molecule has 1 aromatic rings. The average molecular weight is 569 g/mol. The highest BCUT2D eigenvalue weighted by atomic mass is 127. The maximum absolute atomic E-state index is 13.5. The van der Waals surface area contributed by atoms with Crippen LogP contribution in [0.3, 0.4) is 0 Å². The van der Waals surface area contributed by atoms with Crippen molar-refractivity contribution in [3.63, 3.8) is 0 Å². The molecule has 0 spiro atoms. The molecule has 4 rings (SSSR count). The molecule has 0 saturated heterocycles. The molecule has 1 amide bonds. The Bertz CT molecular complexity index is 1190. The van der Waals surface area contributed by atoms with Crippen LogP contribution in [-0.4, -0.2) is 68.5 Å². The zero-order chi connectivity index (χ0) is 24.6. The van der Waals surface area contributed by atoms with Crippen LogP contribution in [0.25, 0.3) is 0 Å². The molecular weight excluding hydrogens is 545 g/mol. The Hall–Kier alpha value is -2.48. The molecule has 0 aromatic heterocycles. The summed E-state index contributed by atoms with van der Waals surface area (Å²) in [6, 6.07) is 0.679. The predicted octanol–water partition coefficient (Wildman–Crippen LogP) is 0.184. The first kappa shape index (κ1) is 23.7. The Morgan fingerprint density at radius 1 is 1.27 bits per heavy atom. The monoisotopic (exact) mass is 569 g/mol. The zero-order valence-corrected chi connectivity index (χ0v) is 20.1. The quantitative estimate of drug-likeness (QED) is 0.218. The van der Waals surface area contributed by atoms with E-state index in [1.807, 2.05) is 0 Å². The van der Waals surface area contributed by atoms with Crippen LogP contribution in [0, 0.1) is 15.4 Å². The van der Waals surface area contributed by atoms with E-state index in [1.165, 1.54) is 4.90 Å². The van der Waals surface area contributed by atoms with E-state index in [-0.39, 0.29) is 36.3 Å². The Labute approximate surface area is 202 Å². The van der Waals surface area contributed by atoms with Crippen molar-refractivity contribution in [2.75, 3.05) is 14.1 Å². The number of nitrogens with zero attached hydrogens (tertiary/aromatic N) is 1. The van der Waals surface area contributed by atoms with Gasteiger partial charge in [0, 0.05) is 27.2 Å². The second kappa shape index (κ2) is 7.79. The lowest BCUT2D eigenvalue weighted by Crippen LogP contribution is -2.63. The zero-order valence-electron chi connectivity index (χ0n) is 17.9. The number of ketones is 2. The molecule has 1 aromatic carbocycles. The number of Topliss-reactive ketones (excluding diaryl/α,β-unsaturated/α-hetero) is 2. The smallest absolute Gasteiger partial charge is 0.255 e. The number of halogens is 1. The largest absolute Gasteiger partial charge is 0.510 e. The topological polar surface area (TPSA) is 187 Å². The van der Waals surface area contributed by atoms with Crippen LogP contribution in [0.15, 0.2) is 28.7 Å². The second-order valence-corrected chi connectivity index (χ2v) is 10.0. The van der Waals surface area contributed by atoms with Crippen LogP contribution in [0.2, 0.25) is 0 Å². The predicted molar refractivity (Wildman–Crippen MR) is 124 cm³/mol. The standard InChI is InChI=1S/C22H24IN3O7/c1-26(2)15-10-4-7-3-9-11(23)5-8(6-24)16(27)13(9)17(28)12(7)19(30)22(10,33)20(31)14(18(15)29)21(25)32/h5,7,10,15,27,29-30,33H,3-4,6,24H2,1-2H3,(H2,25,32)/t7-,10-,15?,22-/m0/s1. The first-order chi connectivity index (χ1) is 15.4. The molecule has 0 heterocycles. The normalized spacial score (nSPS) is 29.2. The first-order valence-electron chi connectivity index (χ1n) is 10.3. The third-order valence-electron chi connectivity index (χ3n) is 6.97. The molecule has 10 nitrogen and oxygen atoms in total. The molecule has 0 fully saturated rings. The Morgan fingerprint density at radius 3 is 2.45 bits per heavy atom. The van der Waals surface area contributed by atoms with Gasteiger partial charge in [-0.2, -0.15) is 0 Å². The van der Waals surface area contributed by atoms with Crippen molar-refractivity contribution < 1.29 is 34.8 Å². The highest BCUT2D eigenvalue weighted by Crippen LogP contribution is 2.52. The van der Waals surface area contributed by atoms with Gasteiger partial charge >= 0.3 is 0 Å². The molecule has 0 saturated carbocycles. The van der Waals surface area contributed by atoms with Gasteiger partial charge in [0.2, 0.25) is 5.78 Å². The number of amides is 1. The number of hydrogen-bond donors (Lipinski definition) is 6. The summed E-state index contributed by atoms with van der Waals surface area (Å²) in [5.41, 5.74) is 8.26. The van der Waals surface area contributed by atoms with Gasteiger partial charge < -0.3 is 31.9 Å². The van der Waals surface area contributed by atoms with Gasteiger partial charge in [-0.1, -0.05) is 0 Å². The Morgan fingerprint density at radius 2 is 1.91 bits per heavy atom. The molecule has 176 valence electrons. The minimum atomic E-state index is -2.64. The lowest BCUT2D eigenvalue weighted by Gasteiger charge is -2.50. The maximum Gasteiger partial charge on any atom is 0.255 e. The third-order valence-corrected chi connectivity index (χ3v) is 7.93. The molecule has 11 heteroatoms. The van der Waals surface area contributed by atoms with Gasteiger partial charge in [0.1, 0.15) is 22.8 Å². The van der Waals surface area contributed by atoms with Crippen LogP contribution in [0.4, 0.5) is 0 Å². The molecule has 33 heavy (non-hydrogen) atoms. The van der Waals surface area contributed by atoms with E-state index < -0.39 is 58.0 Å². The van der Waals surface area contributed by atoms with Gasteiger partial charge in [-0.05, 0) is 67.1 Å². The van der Waals surface area contributed by atoms with Crippen molar-refractivity contribution in [1.82, 2.24) is 4.90 Å². The number of primary amides is 1. The lowest BCUT2D eigenvalue weighted by atomic mass is 9.58. The summed E-state index contributed by atoms with van der Waals surface area (Å²) >= 11 is 2.05. The summed E-state index contributed by atoms with van der Waals surface area (Å²) in [4.78, 5) is 40.2. The lowest BCUT2D eigenvalue weighted by molar-refractivity contribution is -0.148. The van der Waals surface area contributed by atoms with Crippen molar-refractivity contribution in [2.24, 2.45) is 23.3 Å². The number of benzene rings is 1. The van der Waals surface area contributed by atoms with Crippen LogP contribution >= 0.6 is 22.6 Å². The first-order valence-corrected chi connectivity index (χ1v) is 11.3. The van der Waals surface area contributed by atoms with Crippen LogP contribution < -0.4 is 11.5 Å². The molecule has 0 aliphatic heterocycles. The third kappa shape index (κ3) is 3.06. The fraction of sp³-hybridized carbons (Fsp3) is 0.409. The summed E-state index contributed by atoms with van der Waals surface area (Å²) in [6.07, 6.45) is 0.312. The average Bonchev–Trinajstić information content (AvgIpc) is 2.72. The number of phenols is 1. The maximum atomic E-state index is 13.5. The summed E-state index contributed by atoms with van der Waals surface area (Å²) < 4.78 is 0.719. The number of likely N-dealkylation sites (N-methyl/N-ethyl adjacent to an activating group) is 1. The van der Waals surface area contributed by atoms with Crippen molar-refractivity contribution in [1.29, 1.82) is 0 Å². The SMILES string of the molecule is CN(C)C1C(O)=C(C(N)=O)C(=O)[C@@]2(O)C(O)=C3C(=O)c4c(O)c(CN)cc(I)c4C[C@H]3C[C@@H]12. The van der Waals surface area contributed by atoms with E-state index >= 15 is 0 Å². The van der Waals surface area contributed by atoms with Crippen molar-refractivity contribution in [3.05, 3.63) is 49.0 Å². The van der Waals surface area contributed by atoms with E-state index in [4.69, 9.17) is 11.5 Å². The van der Waals surface area contributed by atoms with Gasteiger partial charge in [0.15, 0.2) is 11.4 Å². The van der Waals surface area contributed by atoms with Gasteiger partial charge in [0.25, 0.3) is 5.91 Å². The molecule has 1 unspecified atom stereocenters. The number of rotatable bonds is 3. The molecular formula is C22H24IN3O7. The molecule has 8 N–H and O–H groups in total. The van der Waals surface area contributed by atoms with Crippen molar-refractivity contribution in [2.45, 2.75) is 31.0 Å². The number of phenolic OH excluding ortho intramolecular Hbond substituents is 1. The van der Waals surface area contributed by atoms with Crippen molar-refractivity contribution >= 4 is 40.1 Å². The number of carbonyl (C=O) groups is 3. The van der Waals surface area contributed by atoms with Gasteiger partial charge in [0.05, 0.1) is 11.6 Å². The fourth-order valence-corrected chi connectivity index (χ4v) is 6.35. The van der Waals surface area contributed by atoms with E-state index in [0.717, 1.165) is 3.57 Å². The number of carbonyl (C=O) groups excluding carboxylic acids is 3. The second-order valence-electron chi connectivity index (χ2n) is 8.89. The fourth-order valence-electron chi connectivity index (χ4n) is 5.48. The number of nitrogens with two attached hydrogens (primary N) is 2. The molecule has 0 radical (unpaired) electrons. The minimum Gasteiger partial charge on any atom is -0.510 e. The van der Waals surface area contributed by atoms with Crippen molar-refractivity contribution in [3.8, 4) is 5.75 Å². The molecule has 3 aliphatic rings.